The number of aromatic nitrogens is 1. The Morgan fingerprint density at radius 2 is 1.85 bits per heavy atom. The Labute approximate surface area is 192 Å². The Hall–Kier alpha value is -3.31. The molecular formula is C22H27N5O5S. The van der Waals surface area contributed by atoms with Crippen LogP contribution in [0.15, 0.2) is 47.6 Å². The van der Waals surface area contributed by atoms with Crippen molar-refractivity contribution in [3.05, 3.63) is 53.9 Å². The Morgan fingerprint density at radius 3 is 2.45 bits per heavy atom. The Kier molecular flexibility index (Phi) is 6.84. The molecule has 0 unspecified atom stereocenters. The number of amides is 3. The summed E-state index contributed by atoms with van der Waals surface area (Å²) in [6.07, 6.45) is 4.02. The number of nitrogens with two attached hydrogens (primary N) is 1. The molecule has 0 saturated carbocycles. The zero-order chi connectivity index (χ0) is 24.4. The van der Waals surface area contributed by atoms with Crippen molar-refractivity contribution in [2.75, 3.05) is 18.9 Å². The summed E-state index contributed by atoms with van der Waals surface area (Å²) in [5.41, 5.74) is 5.44. The van der Waals surface area contributed by atoms with Gasteiger partial charge in [-0.1, -0.05) is 19.1 Å². The monoisotopic (exact) mass is 473 g/mol. The summed E-state index contributed by atoms with van der Waals surface area (Å²) in [5, 5.41) is 2.49. The number of nitrogens with zero attached hydrogens (tertiary/aromatic N) is 2. The van der Waals surface area contributed by atoms with Crippen LogP contribution in [0.5, 0.6) is 0 Å². The molecular weight excluding hydrogens is 446 g/mol. The number of piperidine rings is 1. The molecule has 2 atom stereocenters. The number of benzene rings is 1. The summed E-state index contributed by atoms with van der Waals surface area (Å²) >= 11 is 0. The van der Waals surface area contributed by atoms with Gasteiger partial charge in [0.1, 0.15) is 0 Å². The van der Waals surface area contributed by atoms with Crippen LogP contribution in [0, 0.1) is 5.92 Å². The summed E-state index contributed by atoms with van der Waals surface area (Å²) in [7, 11) is -2.26. The summed E-state index contributed by atoms with van der Waals surface area (Å²) in [6, 6.07) is 7.64. The normalized spacial score (nSPS) is 20.8. The van der Waals surface area contributed by atoms with Crippen molar-refractivity contribution in [2.24, 2.45) is 11.7 Å². The fraction of sp³-hybridized carbons (Fsp3) is 0.364. The molecule has 1 saturated heterocycles. The van der Waals surface area contributed by atoms with Gasteiger partial charge >= 0.3 is 11.8 Å². The number of rotatable bonds is 5. The smallest absolute Gasteiger partial charge is 0.313 e. The standard InChI is InChI=1S/C22H27N5O5S/c1-14-8-9-22(2,16-4-6-18(7-5-16)33(31,32)24-3)27(13-14)21(30)20(29)26-17-10-15(19(23)28)11-25-12-17/h4-7,10-12,14,24H,8-9,13H2,1-3H3,(H2,23,28)(H,26,29)/t14-,22-/m0/s1. The molecule has 176 valence electrons. The largest absolute Gasteiger partial charge is 0.366 e. The van der Waals surface area contributed by atoms with Crippen LogP contribution in [0.2, 0.25) is 0 Å². The number of carbonyl (C=O) groups excluding carboxylic acids is 3. The molecule has 2 aromatic rings. The number of hydrogen-bond donors (Lipinski definition) is 3. The van der Waals surface area contributed by atoms with E-state index >= 15 is 0 Å². The van der Waals surface area contributed by atoms with Gasteiger partial charge in [-0.05, 0) is 56.5 Å². The molecule has 2 heterocycles. The van der Waals surface area contributed by atoms with E-state index < -0.39 is 33.3 Å². The first-order valence-electron chi connectivity index (χ1n) is 10.4. The van der Waals surface area contributed by atoms with Crippen molar-refractivity contribution in [1.82, 2.24) is 14.6 Å². The molecule has 33 heavy (non-hydrogen) atoms. The molecule has 3 amide bonds. The third-order valence-corrected chi connectivity index (χ3v) is 7.42. The molecule has 3 rings (SSSR count). The minimum atomic E-state index is -3.60. The maximum atomic E-state index is 13.2. The van der Waals surface area contributed by atoms with E-state index in [-0.39, 0.29) is 22.1 Å². The second-order valence-electron chi connectivity index (χ2n) is 8.35. The van der Waals surface area contributed by atoms with Gasteiger partial charge in [-0.2, -0.15) is 0 Å². The van der Waals surface area contributed by atoms with Gasteiger partial charge in [0.15, 0.2) is 0 Å². The fourth-order valence-electron chi connectivity index (χ4n) is 3.94. The molecule has 1 aliphatic heterocycles. The van der Waals surface area contributed by atoms with Crippen LogP contribution in [0.25, 0.3) is 0 Å². The van der Waals surface area contributed by atoms with Crippen molar-refractivity contribution < 1.29 is 22.8 Å². The van der Waals surface area contributed by atoms with Gasteiger partial charge in [-0.3, -0.25) is 19.4 Å². The number of anilines is 1. The molecule has 0 spiro atoms. The zero-order valence-electron chi connectivity index (χ0n) is 18.7. The van der Waals surface area contributed by atoms with E-state index in [0.29, 0.717) is 13.0 Å². The van der Waals surface area contributed by atoms with Gasteiger partial charge in [-0.15, -0.1) is 0 Å². The minimum Gasteiger partial charge on any atom is -0.366 e. The summed E-state index contributed by atoms with van der Waals surface area (Å²) in [5.74, 6) is -2.13. The van der Waals surface area contributed by atoms with Crippen molar-refractivity contribution in [3.63, 3.8) is 0 Å². The van der Waals surface area contributed by atoms with Crippen molar-refractivity contribution in [1.29, 1.82) is 0 Å². The Morgan fingerprint density at radius 1 is 1.18 bits per heavy atom. The van der Waals surface area contributed by atoms with E-state index in [1.165, 1.54) is 42.5 Å². The molecule has 0 aliphatic carbocycles. The van der Waals surface area contributed by atoms with Gasteiger partial charge in [-0.25, -0.2) is 13.1 Å². The van der Waals surface area contributed by atoms with Gasteiger partial charge in [0.25, 0.3) is 0 Å². The Bertz CT molecular complexity index is 1180. The summed E-state index contributed by atoms with van der Waals surface area (Å²) in [6.45, 7) is 4.22. The highest BCUT2D eigenvalue weighted by Gasteiger charge is 2.43. The molecule has 0 bridgehead atoms. The SMILES string of the molecule is CNS(=O)(=O)c1ccc([C@]2(C)CC[C@H](C)CN2C(=O)C(=O)Nc2cncc(C(N)=O)c2)cc1. The number of pyridine rings is 1. The van der Waals surface area contributed by atoms with Crippen molar-refractivity contribution >= 4 is 33.4 Å². The highest BCUT2D eigenvalue weighted by Crippen LogP contribution is 2.39. The van der Waals surface area contributed by atoms with Gasteiger partial charge in [0.05, 0.1) is 27.9 Å². The van der Waals surface area contributed by atoms with Crippen LogP contribution in [-0.2, 0) is 25.2 Å². The average molecular weight is 474 g/mol. The lowest BCUT2D eigenvalue weighted by molar-refractivity contribution is -0.150. The lowest BCUT2D eigenvalue weighted by atomic mass is 9.79. The number of sulfonamides is 1. The first kappa shape index (κ1) is 24.3. The van der Waals surface area contributed by atoms with Crippen LogP contribution >= 0.6 is 0 Å². The van der Waals surface area contributed by atoms with Crippen LogP contribution < -0.4 is 15.8 Å². The first-order chi connectivity index (χ1) is 15.5. The summed E-state index contributed by atoms with van der Waals surface area (Å²) in [4.78, 5) is 42.9. The predicted molar refractivity (Wildman–Crippen MR) is 122 cm³/mol. The molecule has 11 heteroatoms. The second kappa shape index (κ2) is 9.28. The molecule has 1 fully saturated rings. The van der Waals surface area contributed by atoms with Crippen LogP contribution in [0.4, 0.5) is 5.69 Å². The Balaban J connectivity index is 1.88. The number of likely N-dealkylation sites (tertiary alicyclic amines) is 1. The fourth-order valence-corrected chi connectivity index (χ4v) is 4.67. The number of carbonyl (C=O) groups is 3. The molecule has 10 nitrogen and oxygen atoms in total. The maximum absolute atomic E-state index is 13.2. The van der Waals surface area contributed by atoms with E-state index in [4.69, 9.17) is 5.73 Å². The predicted octanol–water partition coefficient (Wildman–Crippen LogP) is 1.20. The van der Waals surface area contributed by atoms with Crippen LogP contribution in [-0.4, -0.2) is 49.6 Å². The molecule has 4 N–H and O–H groups in total. The summed E-state index contributed by atoms with van der Waals surface area (Å²) < 4.78 is 26.4. The topological polar surface area (TPSA) is 152 Å². The highest BCUT2D eigenvalue weighted by atomic mass is 32.2. The second-order valence-corrected chi connectivity index (χ2v) is 10.2. The number of primary amides is 1. The minimum absolute atomic E-state index is 0.105. The van der Waals surface area contributed by atoms with Crippen LogP contribution in [0.3, 0.4) is 0 Å². The van der Waals surface area contributed by atoms with E-state index in [0.717, 1.165) is 12.0 Å². The van der Waals surface area contributed by atoms with Gasteiger partial charge < -0.3 is 16.0 Å². The lowest BCUT2D eigenvalue weighted by Crippen LogP contribution is -2.55. The number of hydrogen-bond acceptors (Lipinski definition) is 6. The first-order valence-corrected chi connectivity index (χ1v) is 11.9. The van der Waals surface area contributed by atoms with E-state index in [1.807, 2.05) is 13.8 Å². The number of nitrogens with one attached hydrogen (secondary N) is 2. The third-order valence-electron chi connectivity index (χ3n) is 5.99. The quantitative estimate of drug-likeness (QED) is 0.555. The van der Waals surface area contributed by atoms with E-state index in [2.05, 4.69) is 15.0 Å². The van der Waals surface area contributed by atoms with Crippen molar-refractivity contribution in [2.45, 2.75) is 37.1 Å². The molecule has 1 aromatic heterocycles. The average Bonchev–Trinajstić information content (AvgIpc) is 2.80. The molecule has 1 aromatic carbocycles. The van der Waals surface area contributed by atoms with Crippen LogP contribution in [0.1, 0.15) is 42.6 Å². The molecule has 1 aliphatic rings. The maximum Gasteiger partial charge on any atom is 0.313 e. The molecule has 0 radical (unpaired) electrons. The van der Waals surface area contributed by atoms with Crippen molar-refractivity contribution in [3.8, 4) is 0 Å². The highest BCUT2D eigenvalue weighted by molar-refractivity contribution is 7.89. The lowest BCUT2D eigenvalue weighted by Gasteiger charge is -2.47. The third kappa shape index (κ3) is 5.04. The van der Waals surface area contributed by atoms with E-state index in [9.17, 15) is 22.8 Å². The zero-order valence-corrected chi connectivity index (χ0v) is 19.5. The van der Waals surface area contributed by atoms with Gasteiger partial charge in [0, 0.05) is 12.7 Å². The van der Waals surface area contributed by atoms with Gasteiger partial charge in [0.2, 0.25) is 15.9 Å². The van der Waals surface area contributed by atoms with E-state index in [1.54, 1.807) is 12.1 Å².